The summed E-state index contributed by atoms with van der Waals surface area (Å²) in [7, 11) is 0. The summed E-state index contributed by atoms with van der Waals surface area (Å²) in [5.74, 6) is -0.476. The van der Waals surface area contributed by atoms with Crippen LogP contribution in [0.4, 0.5) is 0 Å². The van der Waals surface area contributed by atoms with Crippen LogP contribution in [0.2, 0.25) is 0 Å². The Hall–Kier alpha value is -2.15. The first-order chi connectivity index (χ1) is 8.49. The molecule has 0 saturated carbocycles. The van der Waals surface area contributed by atoms with Gasteiger partial charge in [-0.25, -0.2) is 0 Å². The fraction of sp³-hybridized carbons (Fsp3) is 0.364. The fourth-order valence-corrected chi connectivity index (χ4v) is 1.14. The number of hydrogen-bond donors (Lipinski definition) is 1. The molecule has 0 unspecified atom stereocenters. The number of nitrogens with zero attached hydrogens (tertiary/aromatic N) is 1. The molecule has 0 radical (unpaired) electrons. The zero-order valence-corrected chi connectivity index (χ0v) is 9.87. The number of hydrogen-bond acceptors (Lipinski definition) is 6. The molecule has 1 aromatic carbocycles. The van der Waals surface area contributed by atoms with Gasteiger partial charge < -0.3 is 15.3 Å². The van der Waals surface area contributed by atoms with Crippen molar-refractivity contribution >= 4 is 5.97 Å². The summed E-state index contributed by atoms with van der Waals surface area (Å²) in [5, 5.41) is 9.15. The molecule has 0 aliphatic rings. The average Bonchev–Trinajstić information content (AvgIpc) is 2.34. The Balaban J connectivity index is 2.45. The molecule has 0 amide bonds. The van der Waals surface area contributed by atoms with E-state index >= 15 is 0 Å². The second kappa shape index (κ2) is 6.55. The van der Waals surface area contributed by atoms with Gasteiger partial charge in [0.25, 0.3) is 5.09 Å². The minimum atomic E-state index is -0.849. The molecule has 98 valence electrons. The number of rotatable bonds is 6. The Morgan fingerprint density at radius 2 is 1.83 bits per heavy atom. The lowest BCUT2D eigenvalue weighted by Gasteiger charge is -2.07. The predicted molar refractivity (Wildman–Crippen MR) is 61.7 cm³/mol. The van der Waals surface area contributed by atoms with Crippen LogP contribution in [0, 0.1) is 10.1 Å². The van der Waals surface area contributed by atoms with Gasteiger partial charge in [-0.1, -0.05) is 24.3 Å². The summed E-state index contributed by atoms with van der Waals surface area (Å²) in [5.41, 5.74) is 6.77. The fourth-order valence-electron chi connectivity index (χ4n) is 1.14. The Bertz CT molecular complexity index is 416. The lowest BCUT2D eigenvalue weighted by molar-refractivity contribution is -0.763. The second-order valence-corrected chi connectivity index (χ2v) is 3.71. The van der Waals surface area contributed by atoms with Crippen molar-refractivity contribution in [3.8, 4) is 0 Å². The van der Waals surface area contributed by atoms with E-state index in [4.69, 9.17) is 10.5 Å². The molecule has 0 heterocycles. The summed E-state index contributed by atoms with van der Waals surface area (Å²) in [6.07, 6.45) is 0. The van der Waals surface area contributed by atoms with Gasteiger partial charge in [0.05, 0.1) is 0 Å². The van der Waals surface area contributed by atoms with Crippen LogP contribution in [0.15, 0.2) is 24.3 Å². The topological polar surface area (TPSA) is 105 Å². The third-order valence-electron chi connectivity index (χ3n) is 2.11. The number of carbonyl (C=O) groups excluding carboxylic acids is 1. The Labute approximate surface area is 104 Å². The Kier molecular flexibility index (Phi) is 5.06. The molecule has 0 saturated heterocycles. The molecule has 7 heteroatoms. The Morgan fingerprint density at radius 1 is 1.33 bits per heavy atom. The summed E-state index contributed by atoms with van der Waals surface area (Å²) in [4.78, 5) is 25.3. The number of benzene rings is 1. The van der Waals surface area contributed by atoms with Crippen molar-refractivity contribution in [2.45, 2.75) is 26.2 Å². The maximum Gasteiger partial charge on any atom is 0.322 e. The van der Waals surface area contributed by atoms with Gasteiger partial charge in [0.15, 0.2) is 0 Å². The molecule has 7 nitrogen and oxygen atoms in total. The van der Waals surface area contributed by atoms with E-state index in [0.29, 0.717) is 5.56 Å². The van der Waals surface area contributed by atoms with E-state index in [0.717, 1.165) is 5.56 Å². The largest absolute Gasteiger partial charge is 0.460 e. The van der Waals surface area contributed by atoms with E-state index in [-0.39, 0.29) is 13.2 Å². The highest BCUT2D eigenvalue weighted by molar-refractivity contribution is 5.74. The van der Waals surface area contributed by atoms with Gasteiger partial charge in [-0.3, -0.25) is 4.79 Å². The first-order valence-corrected chi connectivity index (χ1v) is 5.26. The second-order valence-electron chi connectivity index (χ2n) is 3.71. The number of carbonyl (C=O) groups is 1. The normalized spacial score (nSPS) is 11.7. The van der Waals surface area contributed by atoms with Crippen molar-refractivity contribution in [3.05, 3.63) is 45.5 Å². The number of ether oxygens (including phenoxy) is 1. The minimum absolute atomic E-state index is 0.104. The first-order valence-electron chi connectivity index (χ1n) is 5.26. The van der Waals surface area contributed by atoms with Crippen LogP contribution in [0.3, 0.4) is 0 Å². The van der Waals surface area contributed by atoms with Crippen molar-refractivity contribution in [1.29, 1.82) is 0 Å². The van der Waals surface area contributed by atoms with Gasteiger partial charge in [-0.15, -0.1) is 10.1 Å². The smallest absolute Gasteiger partial charge is 0.322 e. The van der Waals surface area contributed by atoms with Crippen molar-refractivity contribution in [1.82, 2.24) is 0 Å². The maximum atomic E-state index is 11.1. The van der Waals surface area contributed by atoms with Crippen molar-refractivity contribution < 1.29 is 19.5 Å². The summed E-state index contributed by atoms with van der Waals surface area (Å²) >= 11 is 0. The highest BCUT2D eigenvalue weighted by Gasteiger charge is 2.08. The van der Waals surface area contributed by atoms with E-state index in [1.54, 1.807) is 31.2 Å². The lowest BCUT2D eigenvalue weighted by atomic mass is 10.1. The zero-order valence-electron chi connectivity index (χ0n) is 9.87. The van der Waals surface area contributed by atoms with Crippen LogP contribution in [-0.4, -0.2) is 17.1 Å². The van der Waals surface area contributed by atoms with E-state index in [2.05, 4.69) is 4.84 Å². The number of nitrogens with two attached hydrogens (primary N) is 1. The highest BCUT2D eigenvalue weighted by Crippen LogP contribution is 2.07. The third kappa shape index (κ3) is 4.79. The van der Waals surface area contributed by atoms with Gasteiger partial charge >= 0.3 is 5.97 Å². The van der Waals surface area contributed by atoms with Gasteiger partial charge in [0.2, 0.25) is 0 Å². The van der Waals surface area contributed by atoms with Crippen molar-refractivity contribution in [3.63, 3.8) is 0 Å². The summed E-state index contributed by atoms with van der Waals surface area (Å²) in [6.45, 7) is 1.56. The molecule has 1 aromatic rings. The van der Waals surface area contributed by atoms with Gasteiger partial charge in [0.1, 0.15) is 19.3 Å². The monoisotopic (exact) mass is 254 g/mol. The standard InChI is InChI=1S/C11H14N2O5/c1-8(12)11(14)17-6-9-2-4-10(5-3-9)7-18-13(15)16/h2-5,8H,6-7,12H2,1H3/t8-/m0/s1. The molecular formula is C11H14N2O5. The molecule has 0 bridgehead atoms. The van der Waals surface area contributed by atoms with Crippen LogP contribution in [0.25, 0.3) is 0 Å². The van der Waals surface area contributed by atoms with E-state index in [1.807, 2.05) is 0 Å². The average molecular weight is 254 g/mol. The highest BCUT2D eigenvalue weighted by atomic mass is 16.9. The maximum absolute atomic E-state index is 11.1. The molecule has 0 aliphatic carbocycles. The SMILES string of the molecule is C[C@H](N)C(=O)OCc1ccc(CO[N+](=O)[O-])cc1. The molecule has 18 heavy (non-hydrogen) atoms. The minimum Gasteiger partial charge on any atom is -0.460 e. The van der Waals surface area contributed by atoms with E-state index < -0.39 is 17.1 Å². The van der Waals surface area contributed by atoms with Gasteiger partial charge in [0, 0.05) is 0 Å². The van der Waals surface area contributed by atoms with Crippen molar-refractivity contribution in [2.75, 3.05) is 0 Å². The van der Waals surface area contributed by atoms with Crippen molar-refractivity contribution in [2.24, 2.45) is 5.73 Å². The molecule has 1 rings (SSSR count). The Morgan fingerprint density at radius 3 is 2.28 bits per heavy atom. The molecular weight excluding hydrogens is 240 g/mol. The van der Waals surface area contributed by atoms with Crippen LogP contribution >= 0.6 is 0 Å². The van der Waals surface area contributed by atoms with Crippen LogP contribution < -0.4 is 5.73 Å². The molecule has 0 aromatic heterocycles. The summed E-state index contributed by atoms with van der Waals surface area (Å²) in [6, 6.07) is 6.08. The first kappa shape index (κ1) is 13.9. The van der Waals surface area contributed by atoms with E-state index in [9.17, 15) is 14.9 Å². The number of esters is 1. The summed E-state index contributed by atoms with van der Waals surface area (Å²) < 4.78 is 4.92. The molecule has 0 fully saturated rings. The van der Waals surface area contributed by atoms with Gasteiger partial charge in [-0.2, -0.15) is 0 Å². The van der Waals surface area contributed by atoms with Crippen LogP contribution in [0.5, 0.6) is 0 Å². The van der Waals surface area contributed by atoms with Crippen LogP contribution in [0.1, 0.15) is 18.1 Å². The predicted octanol–water partition coefficient (Wildman–Crippen LogP) is 0.785. The quantitative estimate of drug-likeness (QED) is 0.457. The molecule has 0 aliphatic heterocycles. The molecule has 0 spiro atoms. The molecule has 1 atom stereocenters. The van der Waals surface area contributed by atoms with E-state index in [1.165, 1.54) is 0 Å². The lowest BCUT2D eigenvalue weighted by Crippen LogP contribution is -2.28. The van der Waals surface area contributed by atoms with Crippen LogP contribution in [-0.2, 0) is 27.6 Å². The third-order valence-corrected chi connectivity index (χ3v) is 2.11. The molecule has 2 N–H and O–H groups in total. The zero-order chi connectivity index (χ0) is 13.5. The van der Waals surface area contributed by atoms with Gasteiger partial charge in [-0.05, 0) is 18.1 Å².